The van der Waals surface area contributed by atoms with Crippen LogP contribution in [0.2, 0.25) is 0 Å². The molecule has 0 saturated carbocycles. The second kappa shape index (κ2) is 12.3. The average molecular weight is 485 g/mol. The summed E-state index contributed by atoms with van der Waals surface area (Å²) in [6.45, 7) is 2.45. The molecule has 1 aliphatic rings. The normalized spacial score (nSPS) is 14.0. The monoisotopic (exact) mass is 484 g/mol. The van der Waals surface area contributed by atoms with Crippen LogP contribution in [-0.2, 0) is 28.4 Å². The molecule has 4 rings (SSSR count). The van der Waals surface area contributed by atoms with Crippen LogP contribution in [0.15, 0.2) is 78.9 Å². The Balaban J connectivity index is 0.000000858. The van der Waals surface area contributed by atoms with Crippen molar-refractivity contribution in [2.24, 2.45) is 0 Å². The van der Waals surface area contributed by atoms with Gasteiger partial charge in [0.2, 0.25) is 0 Å². The summed E-state index contributed by atoms with van der Waals surface area (Å²) in [6, 6.07) is 27.5. The summed E-state index contributed by atoms with van der Waals surface area (Å²) in [7, 11) is 9.78. The van der Waals surface area contributed by atoms with Crippen LogP contribution >= 0.6 is 18.6 Å². The minimum absolute atomic E-state index is 0.0112. The van der Waals surface area contributed by atoms with E-state index in [0.717, 1.165) is 12.0 Å². The summed E-state index contributed by atoms with van der Waals surface area (Å²) in [5.41, 5.74) is 7.46. The van der Waals surface area contributed by atoms with Crippen LogP contribution in [-0.4, -0.2) is 5.91 Å². The molecule has 3 aromatic carbocycles. The van der Waals surface area contributed by atoms with Crippen LogP contribution < -0.4 is 0 Å². The summed E-state index contributed by atoms with van der Waals surface area (Å²) >= 11 is -0.556. The quantitative estimate of drug-likeness (QED) is 0.326. The first-order valence-corrected chi connectivity index (χ1v) is 14.6. The predicted molar refractivity (Wildman–Crippen MR) is 128 cm³/mol. The summed E-state index contributed by atoms with van der Waals surface area (Å²) in [6.07, 6.45) is 3.65. The van der Waals surface area contributed by atoms with Gasteiger partial charge in [-0.25, -0.2) is 0 Å². The fourth-order valence-corrected chi connectivity index (χ4v) is 3.97. The minimum atomic E-state index is -0.556. The van der Waals surface area contributed by atoms with Gasteiger partial charge in [-0.05, 0) is 40.3 Å². The zero-order valence-corrected chi connectivity index (χ0v) is 20.5. The van der Waals surface area contributed by atoms with Gasteiger partial charge in [-0.1, -0.05) is 97.8 Å². The SMILES string of the molecule is CCCC(=O)[N-]Cc1ccccc1C1C(c2ccccc2)=Cc2ccccc21.[Cl][Ti][Cl]. The van der Waals surface area contributed by atoms with Gasteiger partial charge in [0.05, 0.1) is 5.91 Å². The first-order chi connectivity index (χ1) is 15.2. The number of hydrogen-bond donors (Lipinski definition) is 0. The number of nitrogens with zero attached hydrogens (tertiary/aromatic N) is 1. The van der Waals surface area contributed by atoms with Gasteiger partial charge in [0.1, 0.15) is 0 Å². The molecule has 0 radical (unpaired) electrons. The first kappa shape index (κ1) is 23.8. The fourth-order valence-electron chi connectivity index (χ4n) is 3.97. The third-order valence-electron chi connectivity index (χ3n) is 5.29. The average Bonchev–Trinajstić information content (AvgIpc) is 3.19. The van der Waals surface area contributed by atoms with Crippen LogP contribution in [0, 0.1) is 0 Å². The van der Waals surface area contributed by atoms with Crippen molar-refractivity contribution in [3.8, 4) is 0 Å². The van der Waals surface area contributed by atoms with Crippen LogP contribution in [0.25, 0.3) is 17.0 Å². The van der Waals surface area contributed by atoms with E-state index in [1.807, 2.05) is 19.1 Å². The van der Waals surface area contributed by atoms with Gasteiger partial charge in [-0.15, -0.1) is 6.54 Å². The molecule has 3 aromatic rings. The van der Waals surface area contributed by atoms with Gasteiger partial charge in [-0.3, -0.25) is 0 Å². The van der Waals surface area contributed by atoms with E-state index in [2.05, 4.69) is 78.1 Å². The molecule has 1 aliphatic carbocycles. The van der Waals surface area contributed by atoms with Crippen LogP contribution in [0.3, 0.4) is 0 Å². The van der Waals surface area contributed by atoms with Crippen LogP contribution in [0.4, 0.5) is 0 Å². The Morgan fingerprint density at radius 1 is 0.903 bits per heavy atom. The summed E-state index contributed by atoms with van der Waals surface area (Å²) in [4.78, 5) is 12.0. The van der Waals surface area contributed by atoms with E-state index in [-0.39, 0.29) is 11.8 Å². The van der Waals surface area contributed by atoms with Crippen molar-refractivity contribution < 1.29 is 21.8 Å². The molecular formula is C26H24Cl2NOTi-. The molecule has 0 fully saturated rings. The summed E-state index contributed by atoms with van der Waals surface area (Å²) < 4.78 is 0. The topological polar surface area (TPSA) is 31.2 Å². The molecule has 0 aliphatic heterocycles. The molecule has 0 saturated heterocycles. The maximum atomic E-state index is 12.0. The van der Waals surface area contributed by atoms with Crippen molar-refractivity contribution in [2.45, 2.75) is 32.2 Å². The molecule has 31 heavy (non-hydrogen) atoms. The molecule has 1 atom stereocenters. The van der Waals surface area contributed by atoms with Gasteiger partial charge < -0.3 is 10.1 Å². The molecule has 158 valence electrons. The van der Waals surface area contributed by atoms with Gasteiger partial charge in [-0.2, -0.15) is 0 Å². The number of carbonyl (C=O) groups is 1. The standard InChI is InChI=1S/C26H25NO.2ClH.Ti/c1-2-10-25(28)27-18-21-14-7-9-16-23(21)26-22-15-8-6-13-20(22)17-24(26)19-11-4-3-5-12-19;;;/h3-9,11-17,26H,2,10,18H2,1H3,(H,27,28);2*1H;/q;;;+2/p-3. The van der Waals surface area contributed by atoms with Gasteiger partial charge in [0, 0.05) is 5.92 Å². The molecule has 1 unspecified atom stereocenters. The van der Waals surface area contributed by atoms with Gasteiger partial charge in [0.15, 0.2) is 0 Å². The second-order valence-corrected chi connectivity index (χ2v) is 9.84. The Morgan fingerprint density at radius 3 is 2.23 bits per heavy atom. The van der Waals surface area contributed by atoms with Crippen molar-refractivity contribution in [1.29, 1.82) is 0 Å². The Labute approximate surface area is 201 Å². The number of carbonyl (C=O) groups excluding carboxylic acids is 1. The molecule has 5 heteroatoms. The molecule has 0 bridgehead atoms. The zero-order chi connectivity index (χ0) is 22.1. The van der Waals surface area contributed by atoms with E-state index in [1.165, 1.54) is 27.8 Å². The number of halogens is 2. The predicted octanol–water partition coefficient (Wildman–Crippen LogP) is 7.95. The number of benzene rings is 3. The number of rotatable bonds is 6. The van der Waals surface area contributed by atoms with Crippen LogP contribution in [0.1, 0.15) is 53.5 Å². The number of hydrogen-bond acceptors (Lipinski definition) is 1. The molecule has 0 N–H and O–H groups in total. The zero-order valence-electron chi connectivity index (χ0n) is 17.4. The van der Waals surface area contributed by atoms with E-state index in [1.54, 1.807) is 0 Å². The molecule has 0 spiro atoms. The number of fused-ring (bicyclic) bond motifs is 1. The Kier molecular flexibility index (Phi) is 9.42. The second-order valence-electron chi connectivity index (χ2n) is 7.26. The van der Waals surface area contributed by atoms with E-state index >= 15 is 0 Å². The molecular weight excluding hydrogens is 461 g/mol. The maximum absolute atomic E-state index is 12.0. The van der Waals surface area contributed by atoms with Crippen molar-refractivity contribution in [3.05, 3.63) is 112 Å². The molecule has 2 nitrogen and oxygen atoms in total. The third-order valence-corrected chi connectivity index (χ3v) is 5.29. The Bertz CT molecular complexity index is 1040. The number of allylic oxidation sites excluding steroid dienone is 1. The van der Waals surface area contributed by atoms with Gasteiger partial charge in [0.25, 0.3) is 0 Å². The van der Waals surface area contributed by atoms with E-state index in [4.69, 9.17) is 18.6 Å². The molecule has 0 heterocycles. The van der Waals surface area contributed by atoms with E-state index in [0.29, 0.717) is 13.0 Å². The molecule has 0 aromatic heterocycles. The third kappa shape index (κ3) is 6.11. The van der Waals surface area contributed by atoms with Crippen molar-refractivity contribution in [1.82, 2.24) is 0 Å². The molecule has 1 amide bonds. The van der Waals surface area contributed by atoms with E-state index in [9.17, 15) is 4.79 Å². The first-order valence-electron chi connectivity index (χ1n) is 10.3. The van der Waals surface area contributed by atoms with Crippen molar-refractivity contribution >= 4 is 36.2 Å². The fraction of sp³-hybridized carbons (Fsp3) is 0.192. The van der Waals surface area contributed by atoms with E-state index < -0.39 is 17.0 Å². The Morgan fingerprint density at radius 2 is 1.52 bits per heavy atom. The van der Waals surface area contributed by atoms with Crippen molar-refractivity contribution in [2.75, 3.05) is 0 Å². The summed E-state index contributed by atoms with van der Waals surface area (Å²) in [5, 5.41) is 4.31. The van der Waals surface area contributed by atoms with Gasteiger partial charge >= 0.3 is 35.6 Å². The van der Waals surface area contributed by atoms with Crippen molar-refractivity contribution in [3.63, 3.8) is 0 Å². The number of amides is 1. The Hall–Kier alpha value is -1.84. The summed E-state index contributed by atoms with van der Waals surface area (Å²) in [5.74, 6) is 0.147. The van der Waals surface area contributed by atoms with Crippen LogP contribution in [0.5, 0.6) is 0 Å².